The molecule has 5 nitrogen and oxygen atoms in total. The number of likely N-dealkylation sites (tertiary alicyclic amines) is 1. The lowest BCUT2D eigenvalue weighted by atomic mass is 9.98. The van der Waals surface area contributed by atoms with Crippen LogP contribution in [0.1, 0.15) is 57.0 Å². The van der Waals surface area contributed by atoms with Gasteiger partial charge in [-0.3, -0.25) is 4.90 Å². The standard InChI is InChI=1S/C19H34N4O/c1-16(2)19-20-17(15-24-19)14-23-8-5-4-6-18(23)7-9-22-12-10-21(3)11-13-22/h15-16,18H,4-14H2,1-3H3/t18-/m1/s1. The average molecular weight is 335 g/mol. The molecule has 0 N–H and O–H groups in total. The molecule has 2 aliphatic rings. The van der Waals surface area contributed by atoms with E-state index in [1.807, 2.05) is 6.26 Å². The second-order valence-corrected chi connectivity index (χ2v) is 7.89. The van der Waals surface area contributed by atoms with E-state index < -0.39 is 0 Å². The van der Waals surface area contributed by atoms with E-state index in [0.29, 0.717) is 12.0 Å². The van der Waals surface area contributed by atoms with Crippen LogP contribution in [-0.2, 0) is 6.54 Å². The number of rotatable bonds is 6. The maximum absolute atomic E-state index is 5.62. The van der Waals surface area contributed by atoms with Crippen LogP contribution in [0.4, 0.5) is 0 Å². The van der Waals surface area contributed by atoms with Gasteiger partial charge in [-0.2, -0.15) is 0 Å². The quantitative estimate of drug-likeness (QED) is 0.799. The molecule has 2 aliphatic heterocycles. The van der Waals surface area contributed by atoms with E-state index in [1.165, 1.54) is 65.0 Å². The summed E-state index contributed by atoms with van der Waals surface area (Å²) in [5, 5.41) is 0. The predicted octanol–water partition coefficient (Wildman–Crippen LogP) is 2.79. The first-order valence-corrected chi connectivity index (χ1v) is 9.71. The third-order valence-electron chi connectivity index (χ3n) is 5.55. The summed E-state index contributed by atoms with van der Waals surface area (Å²) >= 11 is 0. The molecular formula is C19H34N4O. The van der Waals surface area contributed by atoms with Crippen molar-refractivity contribution < 1.29 is 4.42 Å². The van der Waals surface area contributed by atoms with Gasteiger partial charge in [-0.15, -0.1) is 0 Å². The van der Waals surface area contributed by atoms with E-state index >= 15 is 0 Å². The highest BCUT2D eigenvalue weighted by Crippen LogP contribution is 2.23. The summed E-state index contributed by atoms with van der Waals surface area (Å²) in [6.07, 6.45) is 7.18. The fourth-order valence-corrected chi connectivity index (χ4v) is 3.87. The van der Waals surface area contributed by atoms with Crippen molar-refractivity contribution in [3.8, 4) is 0 Å². The topological polar surface area (TPSA) is 35.8 Å². The molecule has 0 spiro atoms. The highest BCUT2D eigenvalue weighted by molar-refractivity contribution is 5.00. The molecular weight excluding hydrogens is 300 g/mol. The van der Waals surface area contributed by atoms with E-state index in [0.717, 1.165) is 18.1 Å². The molecule has 24 heavy (non-hydrogen) atoms. The molecule has 0 bridgehead atoms. The smallest absolute Gasteiger partial charge is 0.196 e. The van der Waals surface area contributed by atoms with Crippen molar-refractivity contribution in [2.45, 2.75) is 58.0 Å². The van der Waals surface area contributed by atoms with Gasteiger partial charge in [0.2, 0.25) is 0 Å². The molecule has 1 atom stereocenters. The van der Waals surface area contributed by atoms with Crippen LogP contribution in [0.3, 0.4) is 0 Å². The van der Waals surface area contributed by atoms with Gasteiger partial charge >= 0.3 is 0 Å². The van der Waals surface area contributed by atoms with Gasteiger partial charge in [0.25, 0.3) is 0 Å². The Hall–Kier alpha value is -0.910. The number of hydrogen-bond acceptors (Lipinski definition) is 5. The van der Waals surface area contributed by atoms with Crippen LogP contribution in [0, 0.1) is 0 Å². The zero-order valence-corrected chi connectivity index (χ0v) is 15.7. The molecule has 1 aromatic heterocycles. The van der Waals surface area contributed by atoms with Crippen molar-refractivity contribution in [1.82, 2.24) is 19.7 Å². The Bertz CT molecular complexity index is 493. The highest BCUT2D eigenvalue weighted by atomic mass is 16.3. The van der Waals surface area contributed by atoms with Gasteiger partial charge in [0.15, 0.2) is 5.89 Å². The van der Waals surface area contributed by atoms with Crippen molar-refractivity contribution in [2.24, 2.45) is 0 Å². The van der Waals surface area contributed by atoms with Gasteiger partial charge in [-0.25, -0.2) is 4.98 Å². The van der Waals surface area contributed by atoms with Gasteiger partial charge in [0.05, 0.1) is 5.69 Å². The van der Waals surface area contributed by atoms with Gasteiger partial charge in [0, 0.05) is 44.7 Å². The normalized spacial score (nSPS) is 24.8. The summed E-state index contributed by atoms with van der Waals surface area (Å²) in [7, 11) is 2.23. The van der Waals surface area contributed by atoms with Crippen LogP contribution >= 0.6 is 0 Å². The molecule has 0 unspecified atom stereocenters. The summed E-state index contributed by atoms with van der Waals surface area (Å²) < 4.78 is 5.62. The first-order valence-electron chi connectivity index (χ1n) is 9.71. The van der Waals surface area contributed by atoms with E-state index in [4.69, 9.17) is 4.42 Å². The molecule has 0 aliphatic carbocycles. The molecule has 5 heteroatoms. The Morgan fingerprint density at radius 1 is 1.17 bits per heavy atom. The lowest BCUT2D eigenvalue weighted by Gasteiger charge is -2.38. The fraction of sp³-hybridized carbons (Fsp3) is 0.842. The number of piperazine rings is 1. The lowest BCUT2D eigenvalue weighted by Crippen LogP contribution is -2.47. The first kappa shape index (κ1) is 17.9. The monoisotopic (exact) mass is 334 g/mol. The summed E-state index contributed by atoms with van der Waals surface area (Å²) in [5.74, 6) is 1.24. The second kappa shape index (κ2) is 8.45. The van der Waals surface area contributed by atoms with E-state index in [1.54, 1.807) is 0 Å². The third kappa shape index (κ3) is 4.80. The Morgan fingerprint density at radius 2 is 1.96 bits per heavy atom. The maximum Gasteiger partial charge on any atom is 0.196 e. The first-order chi connectivity index (χ1) is 11.6. The summed E-state index contributed by atoms with van der Waals surface area (Å²) in [4.78, 5) is 12.4. The zero-order chi connectivity index (χ0) is 16.9. The van der Waals surface area contributed by atoms with Crippen molar-refractivity contribution in [3.63, 3.8) is 0 Å². The van der Waals surface area contributed by atoms with Gasteiger partial charge in [-0.1, -0.05) is 20.3 Å². The Labute approximate surface area is 147 Å². The number of nitrogens with zero attached hydrogens (tertiary/aromatic N) is 4. The molecule has 0 aromatic carbocycles. The Morgan fingerprint density at radius 3 is 2.67 bits per heavy atom. The van der Waals surface area contributed by atoms with Crippen LogP contribution in [-0.4, -0.2) is 72.0 Å². The summed E-state index contributed by atoms with van der Waals surface area (Å²) in [6.45, 7) is 12.5. The minimum Gasteiger partial charge on any atom is -0.448 e. The van der Waals surface area contributed by atoms with Crippen molar-refractivity contribution in [3.05, 3.63) is 17.8 Å². The molecule has 0 radical (unpaired) electrons. The number of oxazole rings is 1. The lowest BCUT2D eigenvalue weighted by molar-refractivity contribution is 0.101. The Balaban J connectivity index is 1.51. The van der Waals surface area contributed by atoms with Crippen molar-refractivity contribution >= 4 is 0 Å². The van der Waals surface area contributed by atoms with Crippen LogP contribution in [0.25, 0.3) is 0 Å². The predicted molar refractivity (Wildman–Crippen MR) is 97.2 cm³/mol. The van der Waals surface area contributed by atoms with E-state index in [-0.39, 0.29) is 0 Å². The molecule has 0 amide bonds. The molecule has 3 rings (SSSR count). The minimum absolute atomic E-state index is 0.369. The van der Waals surface area contributed by atoms with Gasteiger partial charge in [0.1, 0.15) is 6.26 Å². The van der Waals surface area contributed by atoms with Crippen LogP contribution < -0.4 is 0 Å². The molecule has 2 saturated heterocycles. The number of aromatic nitrogens is 1. The minimum atomic E-state index is 0.369. The zero-order valence-electron chi connectivity index (χ0n) is 15.7. The third-order valence-corrected chi connectivity index (χ3v) is 5.55. The number of piperidine rings is 1. The van der Waals surface area contributed by atoms with Crippen LogP contribution in [0.15, 0.2) is 10.7 Å². The molecule has 2 fully saturated rings. The Kier molecular flexibility index (Phi) is 6.31. The average Bonchev–Trinajstić information content (AvgIpc) is 3.04. The number of hydrogen-bond donors (Lipinski definition) is 0. The summed E-state index contributed by atoms with van der Waals surface area (Å²) in [5.41, 5.74) is 1.10. The SMILES string of the molecule is CC(C)c1nc(CN2CCCC[C@@H]2CCN2CCN(C)CC2)co1. The fourth-order valence-electron chi connectivity index (χ4n) is 3.87. The maximum atomic E-state index is 5.62. The summed E-state index contributed by atoms with van der Waals surface area (Å²) in [6, 6.07) is 0.706. The van der Waals surface area contributed by atoms with Gasteiger partial charge < -0.3 is 14.2 Å². The van der Waals surface area contributed by atoms with Crippen molar-refractivity contribution in [1.29, 1.82) is 0 Å². The largest absolute Gasteiger partial charge is 0.448 e. The van der Waals surface area contributed by atoms with Crippen LogP contribution in [0.5, 0.6) is 0 Å². The molecule has 1 aromatic rings. The molecule has 3 heterocycles. The van der Waals surface area contributed by atoms with Crippen LogP contribution in [0.2, 0.25) is 0 Å². The van der Waals surface area contributed by atoms with Gasteiger partial charge in [-0.05, 0) is 39.4 Å². The second-order valence-electron chi connectivity index (χ2n) is 7.89. The molecule has 0 saturated carbocycles. The number of likely N-dealkylation sites (N-methyl/N-ethyl adjacent to an activating group) is 1. The highest BCUT2D eigenvalue weighted by Gasteiger charge is 2.24. The van der Waals surface area contributed by atoms with Crippen molar-refractivity contribution in [2.75, 3.05) is 46.3 Å². The van der Waals surface area contributed by atoms with E-state index in [9.17, 15) is 0 Å². The van der Waals surface area contributed by atoms with E-state index in [2.05, 4.69) is 40.6 Å². The molecule has 136 valence electrons.